The Morgan fingerprint density at radius 1 is 1.17 bits per heavy atom. The number of amides is 1. The Morgan fingerprint density at radius 2 is 2.00 bits per heavy atom. The summed E-state index contributed by atoms with van der Waals surface area (Å²) in [5.41, 5.74) is 1.82. The Hall–Kier alpha value is -2.60. The SMILES string of the molecule is O=C1OCCN1c1ccc(OCc2nc3ccccc3s2)cc1. The van der Waals surface area contributed by atoms with Gasteiger partial charge in [-0.15, -0.1) is 11.3 Å². The highest BCUT2D eigenvalue weighted by Gasteiger charge is 2.23. The minimum absolute atomic E-state index is 0.298. The standard InChI is InChI=1S/C17H14N2O3S/c20-17-19(9-10-21-17)12-5-7-13(8-6-12)22-11-16-18-14-3-1-2-4-15(14)23-16/h1-8H,9-11H2. The van der Waals surface area contributed by atoms with Crippen LogP contribution in [-0.4, -0.2) is 24.2 Å². The second kappa shape index (κ2) is 5.89. The van der Waals surface area contributed by atoms with Crippen LogP contribution in [0.15, 0.2) is 48.5 Å². The molecule has 1 fully saturated rings. The molecule has 0 bridgehead atoms. The van der Waals surface area contributed by atoms with Crippen LogP contribution in [-0.2, 0) is 11.3 Å². The molecule has 1 aliphatic rings. The van der Waals surface area contributed by atoms with E-state index < -0.39 is 0 Å². The second-order valence-corrected chi connectivity index (χ2v) is 6.24. The molecule has 1 aliphatic heterocycles. The number of hydrogen-bond donors (Lipinski definition) is 0. The molecule has 1 amide bonds. The molecule has 116 valence electrons. The van der Waals surface area contributed by atoms with Gasteiger partial charge in [-0.1, -0.05) is 12.1 Å². The van der Waals surface area contributed by atoms with Crippen LogP contribution < -0.4 is 9.64 Å². The summed E-state index contributed by atoms with van der Waals surface area (Å²) in [6, 6.07) is 15.5. The number of anilines is 1. The van der Waals surface area contributed by atoms with Crippen LogP contribution in [0.5, 0.6) is 5.75 Å². The number of para-hydroxylation sites is 1. The molecular weight excluding hydrogens is 312 g/mol. The maximum atomic E-state index is 11.5. The molecule has 0 unspecified atom stereocenters. The first-order valence-electron chi connectivity index (χ1n) is 7.31. The average Bonchev–Trinajstić information content (AvgIpc) is 3.19. The van der Waals surface area contributed by atoms with Gasteiger partial charge in [0.25, 0.3) is 0 Å². The van der Waals surface area contributed by atoms with Crippen molar-refractivity contribution in [2.75, 3.05) is 18.1 Å². The third-order valence-electron chi connectivity index (χ3n) is 3.61. The monoisotopic (exact) mass is 326 g/mol. The fraction of sp³-hybridized carbons (Fsp3) is 0.176. The first-order valence-corrected chi connectivity index (χ1v) is 8.13. The molecule has 2 heterocycles. The van der Waals surface area contributed by atoms with E-state index in [2.05, 4.69) is 11.1 Å². The molecule has 0 spiro atoms. The molecule has 2 aromatic carbocycles. The van der Waals surface area contributed by atoms with Gasteiger partial charge >= 0.3 is 6.09 Å². The highest BCUT2D eigenvalue weighted by atomic mass is 32.1. The predicted molar refractivity (Wildman–Crippen MR) is 89.1 cm³/mol. The molecule has 1 aromatic heterocycles. The number of carbonyl (C=O) groups excluding carboxylic acids is 1. The van der Waals surface area contributed by atoms with Crippen LogP contribution in [0, 0.1) is 0 Å². The number of benzene rings is 2. The molecule has 5 nitrogen and oxygen atoms in total. The zero-order chi connectivity index (χ0) is 15.6. The van der Waals surface area contributed by atoms with Gasteiger partial charge in [-0.2, -0.15) is 0 Å². The normalized spacial score (nSPS) is 14.3. The summed E-state index contributed by atoms with van der Waals surface area (Å²) in [5.74, 6) is 0.751. The van der Waals surface area contributed by atoms with Crippen molar-refractivity contribution in [1.82, 2.24) is 4.98 Å². The Bertz CT molecular complexity index is 811. The van der Waals surface area contributed by atoms with E-state index in [1.54, 1.807) is 16.2 Å². The Labute approximate surface area is 137 Å². The predicted octanol–water partition coefficient (Wildman–Crippen LogP) is 3.83. The summed E-state index contributed by atoms with van der Waals surface area (Å²) in [5, 5.41) is 0.943. The maximum absolute atomic E-state index is 11.5. The lowest BCUT2D eigenvalue weighted by molar-refractivity contribution is 0.181. The van der Waals surface area contributed by atoms with Crippen LogP contribution >= 0.6 is 11.3 Å². The van der Waals surface area contributed by atoms with E-state index in [1.165, 1.54) is 0 Å². The Kier molecular flexibility index (Phi) is 3.59. The summed E-state index contributed by atoms with van der Waals surface area (Å²) < 4.78 is 11.9. The first kappa shape index (κ1) is 14.0. The van der Waals surface area contributed by atoms with Gasteiger partial charge in [-0.25, -0.2) is 9.78 Å². The van der Waals surface area contributed by atoms with E-state index >= 15 is 0 Å². The number of rotatable bonds is 4. The number of hydrogen-bond acceptors (Lipinski definition) is 5. The minimum Gasteiger partial charge on any atom is -0.486 e. The number of thiazole rings is 1. The largest absolute Gasteiger partial charge is 0.486 e. The van der Waals surface area contributed by atoms with Crippen molar-refractivity contribution in [2.45, 2.75) is 6.61 Å². The smallest absolute Gasteiger partial charge is 0.414 e. The molecule has 0 N–H and O–H groups in total. The average molecular weight is 326 g/mol. The lowest BCUT2D eigenvalue weighted by atomic mass is 10.3. The lowest BCUT2D eigenvalue weighted by Crippen LogP contribution is -2.23. The number of fused-ring (bicyclic) bond motifs is 1. The van der Waals surface area contributed by atoms with Gasteiger partial charge in [-0.3, -0.25) is 4.90 Å². The maximum Gasteiger partial charge on any atom is 0.414 e. The van der Waals surface area contributed by atoms with Crippen molar-refractivity contribution >= 4 is 33.3 Å². The number of nitrogens with zero attached hydrogens (tertiary/aromatic N) is 2. The fourth-order valence-corrected chi connectivity index (χ4v) is 3.36. The van der Waals surface area contributed by atoms with Crippen molar-refractivity contribution < 1.29 is 14.3 Å². The number of aromatic nitrogens is 1. The van der Waals surface area contributed by atoms with Crippen molar-refractivity contribution in [1.29, 1.82) is 0 Å². The number of ether oxygens (including phenoxy) is 2. The molecule has 0 aliphatic carbocycles. The van der Waals surface area contributed by atoms with E-state index in [-0.39, 0.29) is 6.09 Å². The molecule has 3 aromatic rings. The van der Waals surface area contributed by atoms with Crippen LogP contribution in [0.2, 0.25) is 0 Å². The third-order valence-corrected chi connectivity index (χ3v) is 4.62. The van der Waals surface area contributed by atoms with Gasteiger partial charge in [0.15, 0.2) is 0 Å². The molecule has 0 radical (unpaired) electrons. The van der Waals surface area contributed by atoms with Gasteiger partial charge < -0.3 is 9.47 Å². The quantitative estimate of drug-likeness (QED) is 0.731. The Balaban J connectivity index is 1.43. The fourth-order valence-electron chi connectivity index (χ4n) is 2.48. The molecule has 1 saturated heterocycles. The summed E-state index contributed by atoms with van der Waals surface area (Å²) >= 11 is 1.63. The zero-order valence-electron chi connectivity index (χ0n) is 12.3. The van der Waals surface area contributed by atoms with E-state index in [4.69, 9.17) is 9.47 Å². The summed E-state index contributed by atoms with van der Waals surface area (Å²) in [6.45, 7) is 1.46. The summed E-state index contributed by atoms with van der Waals surface area (Å²) in [7, 11) is 0. The summed E-state index contributed by atoms with van der Waals surface area (Å²) in [4.78, 5) is 17.7. The van der Waals surface area contributed by atoms with Crippen molar-refractivity contribution in [3.05, 3.63) is 53.5 Å². The lowest BCUT2D eigenvalue weighted by Gasteiger charge is -2.13. The molecule has 4 rings (SSSR count). The molecule has 6 heteroatoms. The van der Waals surface area contributed by atoms with E-state index in [1.807, 2.05) is 42.5 Å². The van der Waals surface area contributed by atoms with Crippen molar-refractivity contribution in [2.24, 2.45) is 0 Å². The van der Waals surface area contributed by atoms with Crippen molar-refractivity contribution in [3.63, 3.8) is 0 Å². The molecular formula is C17H14N2O3S. The van der Waals surface area contributed by atoms with E-state index in [9.17, 15) is 4.79 Å². The van der Waals surface area contributed by atoms with Crippen LogP contribution in [0.25, 0.3) is 10.2 Å². The van der Waals surface area contributed by atoms with Crippen LogP contribution in [0.3, 0.4) is 0 Å². The number of cyclic esters (lactones) is 1. The van der Waals surface area contributed by atoms with Crippen LogP contribution in [0.1, 0.15) is 5.01 Å². The first-order chi connectivity index (χ1) is 11.3. The van der Waals surface area contributed by atoms with Crippen molar-refractivity contribution in [3.8, 4) is 5.75 Å². The van der Waals surface area contributed by atoms with Gasteiger partial charge in [-0.05, 0) is 36.4 Å². The van der Waals surface area contributed by atoms with E-state index in [0.29, 0.717) is 19.8 Å². The highest BCUT2D eigenvalue weighted by Crippen LogP contribution is 2.25. The molecule has 23 heavy (non-hydrogen) atoms. The minimum atomic E-state index is -0.298. The Morgan fingerprint density at radius 3 is 2.74 bits per heavy atom. The van der Waals surface area contributed by atoms with Crippen LogP contribution in [0.4, 0.5) is 10.5 Å². The summed E-state index contributed by atoms with van der Waals surface area (Å²) in [6.07, 6.45) is -0.298. The van der Waals surface area contributed by atoms with Gasteiger partial charge in [0.05, 0.1) is 16.8 Å². The molecule has 0 saturated carbocycles. The second-order valence-electron chi connectivity index (χ2n) is 5.12. The third kappa shape index (κ3) is 2.85. The van der Waals surface area contributed by atoms with Gasteiger partial charge in [0.1, 0.15) is 24.0 Å². The van der Waals surface area contributed by atoms with E-state index in [0.717, 1.165) is 26.7 Å². The number of carbonyl (C=O) groups is 1. The van der Waals surface area contributed by atoms with Gasteiger partial charge in [0.2, 0.25) is 0 Å². The molecule has 0 atom stereocenters. The topological polar surface area (TPSA) is 51.7 Å². The zero-order valence-corrected chi connectivity index (χ0v) is 13.1. The van der Waals surface area contributed by atoms with Gasteiger partial charge in [0, 0.05) is 5.69 Å². The highest BCUT2D eigenvalue weighted by molar-refractivity contribution is 7.18.